The maximum Gasteiger partial charge on any atom is 0.148 e. The van der Waals surface area contributed by atoms with Crippen LogP contribution in [0.4, 0.5) is 0 Å². The number of nitrogens with one attached hydrogen (secondary N) is 2. The van der Waals surface area contributed by atoms with Gasteiger partial charge in [0.1, 0.15) is 11.4 Å². The number of allylic oxidation sites excluding steroid dienone is 4. The lowest BCUT2D eigenvalue weighted by atomic mass is 9.63. The van der Waals surface area contributed by atoms with Crippen LogP contribution in [0.25, 0.3) is 11.0 Å². The first kappa shape index (κ1) is 20.9. The zero-order valence-electron chi connectivity index (χ0n) is 18.3. The number of fused-ring (bicyclic) bond motifs is 1. The largest absolute Gasteiger partial charge is 0.319 e. The first-order valence-electron chi connectivity index (χ1n) is 11.2. The van der Waals surface area contributed by atoms with Crippen molar-refractivity contribution in [3.05, 3.63) is 48.1 Å². The average Bonchev–Trinajstić information content (AvgIpc) is 3.11. The highest BCUT2D eigenvalue weighted by atomic mass is 15.4. The van der Waals surface area contributed by atoms with Gasteiger partial charge in [-0.2, -0.15) is 4.68 Å². The summed E-state index contributed by atoms with van der Waals surface area (Å²) in [5, 5.41) is 19.9. The Kier molecular flexibility index (Phi) is 6.44. The zero-order valence-corrected chi connectivity index (χ0v) is 18.3. The molecule has 0 radical (unpaired) electrons. The minimum Gasteiger partial charge on any atom is -0.319 e. The van der Waals surface area contributed by atoms with Gasteiger partial charge < -0.3 is 10.2 Å². The van der Waals surface area contributed by atoms with Gasteiger partial charge in [0.2, 0.25) is 0 Å². The summed E-state index contributed by atoms with van der Waals surface area (Å²) in [5.41, 5.74) is 3.57. The molecule has 0 amide bonds. The lowest BCUT2D eigenvalue weighted by Crippen LogP contribution is -2.60. The molecule has 160 valence electrons. The lowest BCUT2D eigenvalue weighted by Gasteiger charge is -2.56. The standard InChI is InChI=1S/C24H34N6/c1-19(11-12-23(25)30-22-10-4-3-9-21(22)27-28-30)7-5-8-20(15-26-2)16-29-17-24(18-29)13-6-14-24/h3-4,7,9-12,20,25-26H,5-6,8,13-18H2,1-2H3/b12-11-,19-7+,25-23?. The zero-order chi connectivity index (χ0) is 21.0. The van der Waals surface area contributed by atoms with Gasteiger partial charge in [0.05, 0.1) is 5.52 Å². The van der Waals surface area contributed by atoms with Crippen LogP contribution >= 0.6 is 0 Å². The number of hydrogen-bond donors (Lipinski definition) is 2. The Hall–Kier alpha value is -2.31. The predicted octanol–water partition coefficient (Wildman–Crippen LogP) is 3.86. The van der Waals surface area contributed by atoms with Crippen LogP contribution in [-0.2, 0) is 0 Å². The van der Waals surface area contributed by atoms with Crippen molar-refractivity contribution < 1.29 is 0 Å². The molecule has 6 heteroatoms. The highest BCUT2D eigenvalue weighted by Crippen LogP contribution is 2.48. The number of hydrogen-bond acceptors (Lipinski definition) is 5. The summed E-state index contributed by atoms with van der Waals surface area (Å²) in [6, 6.07) is 7.72. The van der Waals surface area contributed by atoms with E-state index in [9.17, 15) is 0 Å². The topological polar surface area (TPSA) is 69.8 Å². The maximum absolute atomic E-state index is 8.31. The van der Waals surface area contributed by atoms with E-state index in [4.69, 9.17) is 5.41 Å². The highest BCUT2D eigenvalue weighted by Gasteiger charge is 2.47. The minimum absolute atomic E-state index is 0.326. The maximum atomic E-state index is 8.31. The van der Waals surface area contributed by atoms with Crippen LogP contribution in [0.2, 0.25) is 0 Å². The third-order valence-electron chi connectivity index (χ3n) is 6.67. The van der Waals surface area contributed by atoms with Gasteiger partial charge in [0.25, 0.3) is 0 Å². The Morgan fingerprint density at radius 2 is 2.07 bits per heavy atom. The van der Waals surface area contributed by atoms with Gasteiger partial charge in [-0.3, -0.25) is 5.41 Å². The molecule has 1 saturated heterocycles. The fourth-order valence-corrected chi connectivity index (χ4v) is 4.88. The van der Waals surface area contributed by atoms with Crippen molar-refractivity contribution >= 4 is 16.9 Å². The van der Waals surface area contributed by atoms with E-state index in [1.165, 1.54) is 50.9 Å². The van der Waals surface area contributed by atoms with E-state index in [0.29, 0.717) is 17.2 Å². The third-order valence-corrected chi connectivity index (χ3v) is 6.67. The number of rotatable bonds is 9. The molecule has 2 heterocycles. The van der Waals surface area contributed by atoms with Crippen molar-refractivity contribution in [2.75, 3.05) is 33.2 Å². The number of aromatic nitrogens is 3. The Bertz CT molecular complexity index is 928. The summed E-state index contributed by atoms with van der Waals surface area (Å²) in [6.07, 6.45) is 12.7. The molecular formula is C24H34N6. The van der Waals surface area contributed by atoms with Crippen molar-refractivity contribution in [3.63, 3.8) is 0 Å². The monoisotopic (exact) mass is 406 g/mol. The van der Waals surface area contributed by atoms with E-state index < -0.39 is 0 Å². The first-order chi connectivity index (χ1) is 14.6. The number of likely N-dealkylation sites (tertiary alicyclic amines) is 1. The molecule has 2 fully saturated rings. The van der Waals surface area contributed by atoms with Crippen LogP contribution in [0.5, 0.6) is 0 Å². The minimum atomic E-state index is 0.326. The molecule has 1 spiro atoms. The summed E-state index contributed by atoms with van der Waals surface area (Å²) in [4.78, 5) is 2.65. The van der Waals surface area contributed by atoms with E-state index in [-0.39, 0.29) is 0 Å². The molecule has 2 aromatic rings. The summed E-state index contributed by atoms with van der Waals surface area (Å²) >= 11 is 0. The molecule has 1 aliphatic heterocycles. The molecule has 1 aromatic heterocycles. The molecule has 1 unspecified atom stereocenters. The predicted molar refractivity (Wildman–Crippen MR) is 123 cm³/mol. The van der Waals surface area contributed by atoms with Gasteiger partial charge in [-0.05, 0) is 75.7 Å². The second-order valence-electron chi connectivity index (χ2n) is 9.18. The molecule has 30 heavy (non-hydrogen) atoms. The highest BCUT2D eigenvalue weighted by molar-refractivity contribution is 5.97. The fourth-order valence-electron chi connectivity index (χ4n) is 4.88. The molecule has 6 nitrogen and oxygen atoms in total. The first-order valence-corrected chi connectivity index (χ1v) is 11.2. The van der Waals surface area contributed by atoms with E-state index in [0.717, 1.165) is 24.0 Å². The Morgan fingerprint density at radius 1 is 1.27 bits per heavy atom. The van der Waals surface area contributed by atoms with E-state index in [2.05, 4.69) is 40.6 Å². The second-order valence-corrected chi connectivity index (χ2v) is 9.18. The van der Waals surface area contributed by atoms with Crippen molar-refractivity contribution in [1.82, 2.24) is 25.2 Å². The van der Waals surface area contributed by atoms with Gasteiger partial charge in [0, 0.05) is 19.6 Å². The smallest absolute Gasteiger partial charge is 0.148 e. The van der Waals surface area contributed by atoms with Crippen LogP contribution < -0.4 is 5.32 Å². The fraction of sp³-hybridized carbons (Fsp3) is 0.542. The molecule has 2 N–H and O–H groups in total. The molecule has 1 atom stereocenters. The summed E-state index contributed by atoms with van der Waals surface area (Å²) in [6.45, 7) is 7.05. The van der Waals surface area contributed by atoms with Crippen LogP contribution in [0.3, 0.4) is 0 Å². The van der Waals surface area contributed by atoms with Crippen LogP contribution in [0.1, 0.15) is 39.0 Å². The van der Waals surface area contributed by atoms with Gasteiger partial charge in [0.15, 0.2) is 0 Å². The van der Waals surface area contributed by atoms with E-state index in [1.807, 2.05) is 30.3 Å². The molecule has 0 bridgehead atoms. The van der Waals surface area contributed by atoms with Crippen LogP contribution in [-0.4, -0.2) is 59.0 Å². The molecule has 1 saturated carbocycles. The van der Waals surface area contributed by atoms with Crippen LogP contribution in [0, 0.1) is 16.7 Å². The number of para-hydroxylation sites is 1. The molecule has 2 aliphatic rings. The van der Waals surface area contributed by atoms with Crippen molar-refractivity contribution in [3.8, 4) is 0 Å². The molecular weight excluding hydrogens is 372 g/mol. The van der Waals surface area contributed by atoms with Gasteiger partial charge in [-0.1, -0.05) is 41.5 Å². The SMILES string of the molecule is CNCC(CC/C=C(C)/C=C\C(=N)n1nnc2ccccc21)CN1CC2(CCC2)C1. The third kappa shape index (κ3) is 4.71. The van der Waals surface area contributed by atoms with E-state index >= 15 is 0 Å². The molecule has 4 rings (SSSR count). The van der Waals surface area contributed by atoms with E-state index in [1.54, 1.807) is 10.8 Å². The summed E-state index contributed by atoms with van der Waals surface area (Å²) in [5.74, 6) is 1.02. The van der Waals surface area contributed by atoms with Crippen molar-refractivity contribution in [2.24, 2.45) is 11.3 Å². The van der Waals surface area contributed by atoms with Gasteiger partial charge in [-0.25, -0.2) is 0 Å². The average molecular weight is 407 g/mol. The quantitative estimate of drug-likeness (QED) is 0.377. The van der Waals surface area contributed by atoms with Crippen LogP contribution in [0.15, 0.2) is 48.1 Å². The Labute approximate surface area is 179 Å². The summed E-state index contributed by atoms with van der Waals surface area (Å²) in [7, 11) is 2.06. The van der Waals surface area contributed by atoms with Gasteiger partial charge >= 0.3 is 0 Å². The Morgan fingerprint density at radius 3 is 2.80 bits per heavy atom. The lowest BCUT2D eigenvalue weighted by molar-refractivity contribution is -0.0666. The summed E-state index contributed by atoms with van der Waals surface area (Å²) < 4.78 is 1.57. The number of benzene rings is 1. The molecule has 1 aromatic carbocycles. The second kappa shape index (κ2) is 9.23. The Balaban J connectivity index is 1.25. The van der Waals surface area contributed by atoms with Gasteiger partial charge in [-0.15, -0.1) is 5.10 Å². The molecule has 1 aliphatic carbocycles. The normalized spacial score (nSPS) is 19.9. The van der Waals surface area contributed by atoms with Crippen molar-refractivity contribution in [2.45, 2.75) is 39.0 Å². The van der Waals surface area contributed by atoms with Crippen molar-refractivity contribution in [1.29, 1.82) is 5.41 Å². The number of nitrogens with zero attached hydrogens (tertiary/aromatic N) is 4.